The molecule has 0 spiro atoms. The van der Waals surface area contributed by atoms with Crippen molar-refractivity contribution in [2.45, 2.75) is 19.9 Å². The molecule has 2 heterocycles. The highest BCUT2D eigenvalue weighted by molar-refractivity contribution is 9.10. The molecule has 0 amide bonds. The molecule has 2 aromatic rings. The summed E-state index contributed by atoms with van der Waals surface area (Å²) in [6.45, 7) is 4.05. The molecule has 0 aliphatic heterocycles. The summed E-state index contributed by atoms with van der Waals surface area (Å²) in [7, 11) is 0. The monoisotopic (exact) mass is 314 g/mol. The Kier molecular flexibility index (Phi) is 3.79. The lowest BCUT2D eigenvalue weighted by molar-refractivity contribution is 0.620. The number of anilines is 1. The molecule has 0 aliphatic rings. The molecule has 1 unspecified atom stereocenters. The van der Waals surface area contributed by atoms with Gasteiger partial charge in [-0.05, 0) is 48.0 Å². The van der Waals surface area contributed by atoms with Gasteiger partial charge in [0.15, 0.2) is 11.6 Å². The fourth-order valence-corrected chi connectivity index (χ4v) is 2.67. The average molecular weight is 315 g/mol. The second-order valence-electron chi connectivity index (χ2n) is 3.80. The summed E-state index contributed by atoms with van der Waals surface area (Å²) in [5.41, 5.74) is 0. The van der Waals surface area contributed by atoms with Gasteiger partial charge >= 0.3 is 0 Å². The van der Waals surface area contributed by atoms with Gasteiger partial charge in [0.1, 0.15) is 0 Å². The first-order chi connectivity index (χ1) is 8.06. The molecule has 0 fully saturated rings. The SMILES string of the molecule is Cc1ccc(C(C)Nc2ncc(Br)cc2F)s1. The number of hydrogen-bond acceptors (Lipinski definition) is 3. The fraction of sp³-hybridized carbons (Fsp3) is 0.250. The molecule has 17 heavy (non-hydrogen) atoms. The van der Waals surface area contributed by atoms with Gasteiger partial charge in [0.25, 0.3) is 0 Å². The van der Waals surface area contributed by atoms with Crippen molar-refractivity contribution in [2.75, 3.05) is 5.32 Å². The maximum absolute atomic E-state index is 13.6. The quantitative estimate of drug-likeness (QED) is 0.900. The second kappa shape index (κ2) is 5.14. The van der Waals surface area contributed by atoms with Crippen LogP contribution in [-0.2, 0) is 0 Å². The summed E-state index contributed by atoms with van der Waals surface area (Å²) in [5, 5.41) is 3.07. The van der Waals surface area contributed by atoms with Crippen molar-refractivity contribution in [3.63, 3.8) is 0 Å². The summed E-state index contributed by atoms with van der Waals surface area (Å²) >= 11 is 4.88. The van der Waals surface area contributed by atoms with Crippen LogP contribution in [0.1, 0.15) is 22.7 Å². The first-order valence-corrected chi connectivity index (χ1v) is 6.81. The lowest BCUT2D eigenvalue weighted by Gasteiger charge is -2.13. The van der Waals surface area contributed by atoms with Gasteiger partial charge in [0.05, 0.1) is 6.04 Å². The van der Waals surface area contributed by atoms with E-state index in [4.69, 9.17) is 0 Å². The minimum Gasteiger partial charge on any atom is -0.360 e. The van der Waals surface area contributed by atoms with Gasteiger partial charge in [0, 0.05) is 20.4 Å². The van der Waals surface area contributed by atoms with E-state index >= 15 is 0 Å². The van der Waals surface area contributed by atoms with Gasteiger partial charge in [-0.2, -0.15) is 0 Å². The van der Waals surface area contributed by atoms with Gasteiger partial charge in [0.2, 0.25) is 0 Å². The standard InChI is InChI=1S/C12H12BrFN2S/c1-7-3-4-11(17-7)8(2)16-12-10(14)5-9(13)6-15-12/h3-6,8H,1-2H3,(H,15,16). The maximum atomic E-state index is 13.6. The van der Waals surface area contributed by atoms with Gasteiger partial charge in [-0.15, -0.1) is 11.3 Å². The zero-order chi connectivity index (χ0) is 12.4. The predicted octanol–water partition coefficient (Wildman–Crippen LogP) is 4.53. The van der Waals surface area contributed by atoms with Crippen molar-refractivity contribution in [1.82, 2.24) is 4.98 Å². The zero-order valence-corrected chi connectivity index (χ0v) is 11.9. The normalized spacial score (nSPS) is 12.5. The van der Waals surface area contributed by atoms with Crippen molar-refractivity contribution in [3.05, 3.63) is 44.4 Å². The van der Waals surface area contributed by atoms with E-state index in [-0.39, 0.29) is 17.7 Å². The molecule has 0 bridgehead atoms. The van der Waals surface area contributed by atoms with E-state index in [2.05, 4.69) is 45.3 Å². The Balaban J connectivity index is 2.15. The topological polar surface area (TPSA) is 24.9 Å². The fourth-order valence-electron chi connectivity index (χ4n) is 1.48. The first kappa shape index (κ1) is 12.5. The number of hydrogen-bond donors (Lipinski definition) is 1. The number of aromatic nitrogens is 1. The third kappa shape index (κ3) is 3.04. The third-order valence-corrected chi connectivity index (χ3v) is 3.97. The summed E-state index contributed by atoms with van der Waals surface area (Å²) in [6.07, 6.45) is 1.58. The van der Waals surface area contributed by atoms with E-state index in [1.165, 1.54) is 15.8 Å². The van der Waals surface area contributed by atoms with E-state index in [1.807, 2.05) is 6.92 Å². The van der Waals surface area contributed by atoms with Crippen LogP contribution in [0.5, 0.6) is 0 Å². The molecule has 2 nitrogen and oxygen atoms in total. The van der Waals surface area contributed by atoms with E-state index in [9.17, 15) is 4.39 Å². The Morgan fingerprint density at radius 2 is 2.24 bits per heavy atom. The van der Waals surface area contributed by atoms with Gasteiger partial charge in [-0.3, -0.25) is 0 Å². The Bertz CT molecular complexity index is 527. The summed E-state index contributed by atoms with van der Waals surface area (Å²) < 4.78 is 14.2. The molecule has 2 rings (SSSR count). The molecule has 90 valence electrons. The van der Waals surface area contributed by atoms with Crippen LogP contribution in [0, 0.1) is 12.7 Å². The highest BCUT2D eigenvalue weighted by Crippen LogP contribution is 2.26. The van der Waals surface area contributed by atoms with Crippen molar-refractivity contribution in [2.24, 2.45) is 0 Å². The number of pyridine rings is 1. The number of nitrogens with zero attached hydrogens (tertiary/aromatic N) is 1. The largest absolute Gasteiger partial charge is 0.360 e. The van der Waals surface area contributed by atoms with Gasteiger partial charge in [-0.25, -0.2) is 9.37 Å². The average Bonchev–Trinajstić information content (AvgIpc) is 2.69. The first-order valence-electron chi connectivity index (χ1n) is 5.20. The number of halogens is 2. The lowest BCUT2D eigenvalue weighted by Crippen LogP contribution is -2.08. The zero-order valence-electron chi connectivity index (χ0n) is 9.50. The molecule has 0 saturated carbocycles. The third-order valence-electron chi connectivity index (χ3n) is 2.35. The summed E-state index contributed by atoms with van der Waals surface area (Å²) in [4.78, 5) is 6.44. The molecule has 1 N–H and O–H groups in total. The maximum Gasteiger partial charge on any atom is 0.166 e. The second-order valence-corrected chi connectivity index (χ2v) is 6.03. The minimum atomic E-state index is -0.348. The van der Waals surface area contributed by atoms with Gasteiger partial charge < -0.3 is 5.32 Å². The van der Waals surface area contributed by atoms with Crippen LogP contribution in [0.15, 0.2) is 28.9 Å². The Morgan fingerprint density at radius 1 is 1.47 bits per heavy atom. The van der Waals surface area contributed by atoms with Crippen molar-refractivity contribution in [1.29, 1.82) is 0 Å². The van der Waals surface area contributed by atoms with Crippen molar-refractivity contribution in [3.8, 4) is 0 Å². The van der Waals surface area contributed by atoms with Crippen LogP contribution >= 0.6 is 27.3 Å². The molecule has 0 aromatic carbocycles. The van der Waals surface area contributed by atoms with Crippen LogP contribution in [0.3, 0.4) is 0 Å². The number of nitrogens with one attached hydrogen (secondary N) is 1. The molecule has 0 radical (unpaired) electrons. The molecule has 0 aliphatic carbocycles. The summed E-state index contributed by atoms with van der Waals surface area (Å²) in [6, 6.07) is 5.57. The smallest absolute Gasteiger partial charge is 0.166 e. The Labute approximate surface area is 112 Å². The molecule has 2 aromatic heterocycles. The van der Waals surface area contributed by atoms with Crippen LogP contribution in [0.2, 0.25) is 0 Å². The van der Waals surface area contributed by atoms with E-state index in [1.54, 1.807) is 17.5 Å². The van der Waals surface area contributed by atoms with E-state index < -0.39 is 0 Å². The molecule has 5 heteroatoms. The lowest BCUT2D eigenvalue weighted by atomic mass is 10.2. The van der Waals surface area contributed by atoms with Crippen molar-refractivity contribution < 1.29 is 4.39 Å². The van der Waals surface area contributed by atoms with Crippen LogP contribution in [-0.4, -0.2) is 4.98 Å². The van der Waals surface area contributed by atoms with Crippen molar-refractivity contribution >= 4 is 33.1 Å². The van der Waals surface area contributed by atoms with Gasteiger partial charge in [-0.1, -0.05) is 0 Å². The van der Waals surface area contributed by atoms with Crippen LogP contribution in [0.25, 0.3) is 0 Å². The number of aryl methyl sites for hydroxylation is 1. The molecule has 0 saturated heterocycles. The summed E-state index contributed by atoms with van der Waals surface area (Å²) in [5.74, 6) is -0.0637. The highest BCUT2D eigenvalue weighted by atomic mass is 79.9. The van der Waals surface area contributed by atoms with E-state index in [0.29, 0.717) is 4.47 Å². The highest BCUT2D eigenvalue weighted by Gasteiger charge is 2.11. The Morgan fingerprint density at radius 3 is 2.82 bits per heavy atom. The molecule has 1 atom stereocenters. The van der Waals surface area contributed by atoms with Crippen LogP contribution < -0.4 is 5.32 Å². The molecular weight excluding hydrogens is 303 g/mol. The number of thiophene rings is 1. The van der Waals surface area contributed by atoms with Crippen LogP contribution in [0.4, 0.5) is 10.2 Å². The van der Waals surface area contributed by atoms with E-state index in [0.717, 1.165) is 0 Å². The molecular formula is C12H12BrFN2S. The predicted molar refractivity (Wildman–Crippen MR) is 73.0 cm³/mol. The number of rotatable bonds is 3. The Hall–Kier alpha value is -0.940. The minimum absolute atomic E-state index is 0.0527.